The minimum absolute atomic E-state index is 0.380. The molecule has 6 rings (SSSR count). The summed E-state index contributed by atoms with van der Waals surface area (Å²) in [6.45, 7) is 11.1. The molecule has 3 unspecified atom stereocenters. The third kappa shape index (κ3) is 18.5. The van der Waals surface area contributed by atoms with Crippen LogP contribution in [0.4, 0.5) is 0 Å². The quantitative estimate of drug-likeness (QED) is 0.133. The lowest BCUT2D eigenvalue weighted by Gasteiger charge is -2.26. The van der Waals surface area contributed by atoms with Crippen molar-refractivity contribution in [3.63, 3.8) is 0 Å². The first kappa shape index (κ1) is 46.4. The molecule has 2 nitrogen and oxygen atoms in total. The molecule has 52 heavy (non-hydrogen) atoms. The molecule has 1 N–H and O–H groups in total. The van der Waals surface area contributed by atoms with Crippen LogP contribution in [0.1, 0.15) is 137 Å². The van der Waals surface area contributed by atoms with Gasteiger partial charge >= 0.3 is 0 Å². The number of rotatable bonds is 9. The summed E-state index contributed by atoms with van der Waals surface area (Å²) in [6.07, 6.45) is 23.2. The molecule has 0 radical (unpaired) electrons. The van der Waals surface area contributed by atoms with Gasteiger partial charge in [-0.3, -0.25) is 0 Å². The number of aliphatic hydroxyl groups excluding tert-OH is 1. The molecule has 3 aromatic carbocycles. The Kier molecular flexibility index (Phi) is 26.4. The molecule has 0 spiro atoms. The van der Waals surface area contributed by atoms with Gasteiger partial charge in [-0.2, -0.15) is 5.26 Å². The number of nitriles is 1. The largest absolute Gasteiger partial charge is 0.396 e. The second-order valence-corrected chi connectivity index (χ2v) is 18.5. The van der Waals surface area contributed by atoms with Crippen molar-refractivity contribution in [2.45, 2.75) is 137 Å². The zero-order valence-electron chi connectivity index (χ0n) is 33.6. The van der Waals surface area contributed by atoms with Gasteiger partial charge in [0, 0.05) is 18.0 Å². The van der Waals surface area contributed by atoms with E-state index in [4.69, 9.17) is 10.4 Å². The number of hydrogen-bond acceptors (Lipinski definition) is 2. The van der Waals surface area contributed by atoms with E-state index in [9.17, 15) is 0 Å². The second-order valence-electron chi connectivity index (χ2n) is 15.4. The van der Waals surface area contributed by atoms with Gasteiger partial charge in [0.15, 0.2) is 0 Å². The predicted molar refractivity (Wildman–Crippen MR) is 240 cm³/mol. The van der Waals surface area contributed by atoms with Crippen LogP contribution in [-0.2, 0) is 0 Å². The number of alkyl halides is 1. The van der Waals surface area contributed by atoms with Crippen molar-refractivity contribution < 1.29 is 5.11 Å². The van der Waals surface area contributed by atoms with E-state index >= 15 is 0 Å². The minimum atomic E-state index is -0.446. The highest BCUT2D eigenvalue weighted by Gasteiger charge is 2.20. The maximum atomic E-state index is 8.89. The normalized spacial score (nSPS) is 18.2. The molecular weight excluding hydrogens is 764 g/mol. The van der Waals surface area contributed by atoms with Crippen LogP contribution >= 0.6 is 30.5 Å². The molecule has 3 fully saturated rings. The fourth-order valence-corrected chi connectivity index (χ4v) is 10.9. The Bertz CT molecular complexity index is 1110. The predicted octanol–water partition coefficient (Wildman–Crippen LogP) is 13.4. The third-order valence-corrected chi connectivity index (χ3v) is 15.4. The van der Waals surface area contributed by atoms with Crippen LogP contribution in [0, 0.1) is 46.8 Å². The molecule has 0 aliphatic heterocycles. The zero-order valence-corrected chi connectivity index (χ0v) is 36.6. The summed E-state index contributed by atoms with van der Waals surface area (Å²) in [6, 6.07) is 34.1. The molecule has 3 atom stereocenters. The van der Waals surface area contributed by atoms with Crippen molar-refractivity contribution in [1.82, 2.24) is 0 Å². The highest BCUT2D eigenvalue weighted by atomic mass is 127. The summed E-state index contributed by atoms with van der Waals surface area (Å²) in [5, 5.41) is 20.4. The summed E-state index contributed by atoms with van der Waals surface area (Å²) in [4.78, 5) is 0. The number of aliphatic hydroxyl groups is 1. The summed E-state index contributed by atoms with van der Waals surface area (Å²) in [5.41, 5.74) is 0. The molecular formula is C48H73INOP. The van der Waals surface area contributed by atoms with Gasteiger partial charge in [-0.15, -0.1) is 0 Å². The van der Waals surface area contributed by atoms with E-state index in [1.807, 2.05) is 0 Å². The van der Waals surface area contributed by atoms with E-state index in [0.29, 0.717) is 12.5 Å². The Labute approximate surface area is 335 Å². The molecule has 0 aromatic heterocycles. The first-order valence-corrected chi connectivity index (χ1v) is 23.7. The Morgan fingerprint density at radius 3 is 1.13 bits per heavy atom. The van der Waals surface area contributed by atoms with Crippen molar-refractivity contribution in [1.29, 1.82) is 5.26 Å². The van der Waals surface area contributed by atoms with E-state index in [2.05, 4.69) is 141 Å². The van der Waals surface area contributed by atoms with Gasteiger partial charge in [0.05, 0.1) is 6.07 Å². The fourth-order valence-electron chi connectivity index (χ4n) is 7.90. The van der Waals surface area contributed by atoms with E-state index in [-0.39, 0.29) is 0 Å². The van der Waals surface area contributed by atoms with Gasteiger partial charge in [0.2, 0.25) is 0 Å². The van der Waals surface area contributed by atoms with E-state index in [0.717, 1.165) is 29.6 Å². The number of nitrogens with zero attached hydrogens (tertiary/aromatic N) is 1. The summed E-state index contributed by atoms with van der Waals surface area (Å²) < 4.78 is 1.35. The number of hydrogen-bond donors (Lipinski definition) is 1. The fraction of sp³-hybridized carbons (Fsp3) is 0.604. The van der Waals surface area contributed by atoms with Crippen LogP contribution in [-0.4, -0.2) is 16.1 Å². The Morgan fingerprint density at radius 1 is 0.577 bits per heavy atom. The van der Waals surface area contributed by atoms with Crippen LogP contribution < -0.4 is 15.9 Å². The van der Waals surface area contributed by atoms with Crippen LogP contribution in [0.5, 0.6) is 0 Å². The standard InChI is InChI=1S/C18H15P.C10H20.C9H17I.C9H18O.C2H3N/c1-4-10-16(11-5-1)19(17-12-6-2-7-13-17)18-14-8-3-9-15-18;1-3-9(2)10-7-5-4-6-8-10;2*1-8(7-10)9-5-3-2-4-6-9;1-2-3/h1-15H;9-10H,3-8H2,1-2H3;8-9H,2-7H2,1H3;8-10H,2-7H2,1H3;1H3. The molecule has 3 aromatic rings. The van der Waals surface area contributed by atoms with Gasteiger partial charge < -0.3 is 5.11 Å². The van der Waals surface area contributed by atoms with Crippen molar-refractivity contribution >= 4 is 46.4 Å². The van der Waals surface area contributed by atoms with Gasteiger partial charge in [0.1, 0.15) is 0 Å². The Hall–Kier alpha value is -1.73. The van der Waals surface area contributed by atoms with Gasteiger partial charge in [-0.05, 0) is 59.3 Å². The van der Waals surface area contributed by atoms with Gasteiger partial charge in [0.25, 0.3) is 0 Å². The molecule has 0 heterocycles. The second kappa shape index (κ2) is 29.6. The smallest absolute Gasteiger partial charge is 0.0587 e. The number of benzene rings is 3. The summed E-state index contributed by atoms with van der Waals surface area (Å²) in [5.74, 6) is 5.45. The van der Waals surface area contributed by atoms with Crippen LogP contribution in [0.3, 0.4) is 0 Å². The van der Waals surface area contributed by atoms with Crippen molar-refractivity contribution in [2.24, 2.45) is 35.5 Å². The lowest BCUT2D eigenvalue weighted by molar-refractivity contribution is 0.160. The van der Waals surface area contributed by atoms with Gasteiger partial charge in [-0.1, -0.05) is 244 Å². The Morgan fingerprint density at radius 2 is 0.865 bits per heavy atom. The minimum Gasteiger partial charge on any atom is -0.396 e. The van der Waals surface area contributed by atoms with E-state index in [1.165, 1.54) is 130 Å². The van der Waals surface area contributed by atoms with E-state index < -0.39 is 7.92 Å². The van der Waals surface area contributed by atoms with Crippen molar-refractivity contribution in [3.8, 4) is 6.07 Å². The maximum absolute atomic E-state index is 8.89. The molecule has 3 aliphatic rings. The Balaban J connectivity index is 0.000000246. The van der Waals surface area contributed by atoms with Crippen LogP contribution in [0.25, 0.3) is 0 Å². The summed E-state index contributed by atoms with van der Waals surface area (Å²) >= 11 is 2.52. The third-order valence-electron chi connectivity index (χ3n) is 11.6. The topological polar surface area (TPSA) is 44.0 Å². The molecule has 0 bridgehead atoms. The average Bonchev–Trinajstić information content (AvgIpc) is 3.23. The average molecular weight is 838 g/mol. The van der Waals surface area contributed by atoms with E-state index in [1.54, 1.807) is 6.07 Å². The van der Waals surface area contributed by atoms with Crippen LogP contribution in [0.2, 0.25) is 0 Å². The highest BCUT2D eigenvalue weighted by Crippen LogP contribution is 2.33. The lowest BCUT2D eigenvalue weighted by atomic mass is 9.80. The zero-order chi connectivity index (χ0) is 37.8. The first-order chi connectivity index (χ1) is 25.4. The first-order valence-electron chi connectivity index (χ1n) is 20.8. The maximum Gasteiger partial charge on any atom is 0.0587 e. The SMILES string of the molecule is CC#N.CC(CI)C1CCCCC1.CC(CO)C1CCCCC1.CCC(C)C1CCCCC1.c1ccc(P(c2ccccc2)c2ccccc2)cc1. The molecule has 288 valence electrons. The summed E-state index contributed by atoms with van der Waals surface area (Å²) in [7, 11) is -0.446. The molecule has 3 aliphatic carbocycles. The molecule has 0 saturated heterocycles. The molecule has 4 heteroatoms. The van der Waals surface area contributed by atoms with Gasteiger partial charge in [-0.25, -0.2) is 0 Å². The molecule has 0 amide bonds. The molecule has 3 saturated carbocycles. The number of halogens is 1. The lowest BCUT2D eigenvalue weighted by Crippen LogP contribution is -2.20. The monoisotopic (exact) mass is 837 g/mol. The highest BCUT2D eigenvalue weighted by molar-refractivity contribution is 14.1. The van der Waals surface area contributed by atoms with Crippen molar-refractivity contribution in [3.05, 3.63) is 91.0 Å². The van der Waals surface area contributed by atoms with Crippen LogP contribution in [0.15, 0.2) is 91.0 Å². The van der Waals surface area contributed by atoms with Crippen molar-refractivity contribution in [2.75, 3.05) is 11.0 Å².